The summed E-state index contributed by atoms with van der Waals surface area (Å²) in [6.07, 6.45) is 1.81. The Morgan fingerprint density at radius 3 is 3.06 bits per heavy atom. The third-order valence-corrected chi connectivity index (χ3v) is 3.07. The Morgan fingerprint density at radius 2 is 2.35 bits per heavy atom. The monoisotopic (exact) mass is 235 g/mol. The predicted molar refractivity (Wildman–Crippen MR) is 68.1 cm³/mol. The van der Waals surface area contributed by atoms with Crippen LogP contribution in [0.25, 0.3) is 0 Å². The maximum absolute atomic E-state index is 5.14. The number of ether oxygens (including phenoxy) is 1. The Hall–Kier alpha value is -1.13. The van der Waals surface area contributed by atoms with Crippen molar-refractivity contribution in [2.75, 3.05) is 26.7 Å². The molecule has 0 spiro atoms. The van der Waals surface area contributed by atoms with E-state index in [0.717, 1.165) is 26.2 Å². The Balaban J connectivity index is 2.00. The summed E-state index contributed by atoms with van der Waals surface area (Å²) in [4.78, 5) is 6.59. The van der Waals surface area contributed by atoms with E-state index >= 15 is 0 Å². The van der Waals surface area contributed by atoms with Gasteiger partial charge in [0.1, 0.15) is 0 Å². The molecule has 2 rings (SSSR count). The molecule has 4 nitrogen and oxygen atoms in total. The number of piperazine rings is 1. The molecule has 0 bridgehead atoms. The van der Waals surface area contributed by atoms with Crippen molar-refractivity contribution in [3.05, 3.63) is 23.9 Å². The molecule has 94 valence electrons. The zero-order valence-electron chi connectivity index (χ0n) is 10.9. The fourth-order valence-corrected chi connectivity index (χ4v) is 2.30. The van der Waals surface area contributed by atoms with Gasteiger partial charge in [0.2, 0.25) is 5.88 Å². The topological polar surface area (TPSA) is 37.4 Å². The van der Waals surface area contributed by atoms with Crippen LogP contribution < -0.4 is 10.1 Å². The van der Waals surface area contributed by atoms with Crippen molar-refractivity contribution in [1.29, 1.82) is 0 Å². The van der Waals surface area contributed by atoms with Crippen molar-refractivity contribution < 1.29 is 4.74 Å². The van der Waals surface area contributed by atoms with Crippen LogP contribution in [0.4, 0.5) is 0 Å². The number of hydrogen-bond acceptors (Lipinski definition) is 4. The molecule has 1 N–H and O–H groups in total. The molecule has 2 heterocycles. The second kappa shape index (κ2) is 5.02. The van der Waals surface area contributed by atoms with Crippen LogP contribution in [0.2, 0.25) is 0 Å². The van der Waals surface area contributed by atoms with Crippen molar-refractivity contribution in [2.45, 2.75) is 25.9 Å². The van der Waals surface area contributed by atoms with Crippen molar-refractivity contribution in [1.82, 2.24) is 15.2 Å². The number of pyridine rings is 1. The first-order chi connectivity index (χ1) is 8.09. The summed E-state index contributed by atoms with van der Waals surface area (Å²) >= 11 is 0. The Morgan fingerprint density at radius 1 is 1.53 bits per heavy atom. The van der Waals surface area contributed by atoms with E-state index in [4.69, 9.17) is 4.74 Å². The molecule has 1 saturated heterocycles. The fourth-order valence-electron chi connectivity index (χ4n) is 2.30. The van der Waals surface area contributed by atoms with Gasteiger partial charge < -0.3 is 10.1 Å². The van der Waals surface area contributed by atoms with Crippen LogP contribution in [-0.2, 0) is 6.54 Å². The van der Waals surface area contributed by atoms with Crippen LogP contribution in [0.5, 0.6) is 5.88 Å². The molecule has 0 radical (unpaired) electrons. The highest BCUT2D eigenvalue weighted by Gasteiger charge is 2.25. The zero-order chi connectivity index (χ0) is 12.3. The lowest BCUT2D eigenvalue weighted by atomic mass is 10.0. The summed E-state index contributed by atoms with van der Waals surface area (Å²) in [6, 6.07) is 4.06. The third kappa shape index (κ3) is 3.41. The predicted octanol–water partition coefficient (Wildman–Crippen LogP) is 1.27. The summed E-state index contributed by atoms with van der Waals surface area (Å²) in [6.45, 7) is 8.66. The molecule has 0 aromatic carbocycles. The lowest BCUT2D eigenvalue weighted by Crippen LogP contribution is -2.56. The highest BCUT2D eigenvalue weighted by molar-refractivity contribution is 5.20. The molecular formula is C13H21N3O. The molecule has 17 heavy (non-hydrogen) atoms. The van der Waals surface area contributed by atoms with Crippen molar-refractivity contribution >= 4 is 0 Å². The van der Waals surface area contributed by atoms with Crippen LogP contribution >= 0.6 is 0 Å². The van der Waals surface area contributed by atoms with E-state index < -0.39 is 0 Å². The first-order valence-corrected chi connectivity index (χ1v) is 6.05. The van der Waals surface area contributed by atoms with E-state index in [-0.39, 0.29) is 5.54 Å². The first-order valence-electron chi connectivity index (χ1n) is 6.05. The molecule has 0 amide bonds. The summed E-state index contributed by atoms with van der Waals surface area (Å²) in [5.41, 5.74) is 1.46. The quantitative estimate of drug-likeness (QED) is 0.856. The van der Waals surface area contributed by atoms with Gasteiger partial charge in [-0.1, -0.05) is 0 Å². The van der Waals surface area contributed by atoms with E-state index in [2.05, 4.69) is 35.1 Å². The SMILES string of the molecule is COc1cc(CN2CCNC(C)(C)C2)ccn1. The van der Waals surface area contributed by atoms with Gasteiger partial charge in [-0.15, -0.1) is 0 Å². The minimum absolute atomic E-state index is 0.204. The van der Waals surface area contributed by atoms with Crippen molar-refractivity contribution in [2.24, 2.45) is 0 Å². The average molecular weight is 235 g/mol. The molecule has 0 atom stereocenters. The van der Waals surface area contributed by atoms with Crippen molar-refractivity contribution in [3.63, 3.8) is 0 Å². The number of aromatic nitrogens is 1. The molecule has 1 aromatic heterocycles. The molecule has 0 unspecified atom stereocenters. The third-order valence-electron chi connectivity index (χ3n) is 3.07. The number of hydrogen-bond donors (Lipinski definition) is 1. The fraction of sp³-hybridized carbons (Fsp3) is 0.615. The smallest absolute Gasteiger partial charge is 0.213 e. The standard InChI is InChI=1S/C13H21N3O/c1-13(2)10-16(7-6-15-13)9-11-4-5-14-12(8-11)17-3/h4-5,8,15H,6-7,9-10H2,1-3H3. The highest BCUT2D eigenvalue weighted by atomic mass is 16.5. The average Bonchev–Trinajstić information content (AvgIpc) is 2.28. The van der Waals surface area contributed by atoms with Gasteiger partial charge in [0.25, 0.3) is 0 Å². The number of rotatable bonds is 3. The summed E-state index contributed by atoms with van der Waals surface area (Å²) < 4.78 is 5.14. The van der Waals surface area contributed by atoms with Crippen LogP contribution in [0.3, 0.4) is 0 Å². The highest BCUT2D eigenvalue weighted by Crippen LogP contribution is 2.15. The van der Waals surface area contributed by atoms with Gasteiger partial charge in [-0.3, -0.25) is 4.90 Å². The maximum atomic E-state index is 5.14. The second-order valence-electron chi connectivity index (χ2n) is 5.23. The summed E-state index contributed by atoms with van der Waals surface area (Å²) in [5, 5.41) is 3.52. The molecule has 1 aliphatic heterocycles. The molecular weight excluding hydrogens is 214 g/mol. The number of methoxy groups -OCH3 is 1. The second-order valence-corrected chi connectivity index (χ2v) is 5.23. The van der Waals surface area contributed by atoms with Crippen LogP contribution in [0.15, 0.2) is 18.3 Å². The van der Waals surface area contributed by atoms with Gasteiger partial charge in [0.05, 0.1) is 7.11 Å². The molecule has 1 fully saturated rings. The lowest BCUT2D eigenvalue weighted by Gasteiger charge is -2.39. The van der Waals surface area contributed by atoms with E-state index in [1.807, 2.05) is 12.3 Å². The van der Waals surface area contributed by atoms with Gasteiger partial charge in [-0.05, 0) is 25.5 Å². The van der Waals surface area contributed by atoms with E-state index in [0.29, 0.717) is 5.88 Å². The largest absolute Gasteiger partial charge is 0.481 e. The minimum atomic E-state index is 0.204. The van der Waals surface area contributed by atoms with Gasteiger partial charge in [-0.25, -0.2) is 4.98 Å². The zero-order valence-corrected chi connectivity index (χ0v) is 10.9. The molecule has 0 saturated carbocycles. The summed E-state index contributed by atoms with van der Waals surface area (Å²) in [7, 11) is 1.65. The molecule has 0 aliphatic carbocycles. The van der Waals surface area contributed by atoms with E-state index in [1.165, 1.54) is 5.56 Å². The van der Waals surface area contributed by atoms with Crippen LogP contribution in [-0.4, -0.2) is 42.2 Å². The Kier molecular flexibility index (Phi) is 3.64. The van der Waals surface area contributed by atoms with Gasteiger partial charge in [-0.2, -0.15) is 0 Å². The van der Waals surface area contributed by atoms with Crippen LogP contribution in [0.1, 0.15) is 19.4 Å². The molecule has 1 aliphatic rings. The molecule has 1 aromatic rings. The minimum Gasteiger partial charge on any atom is -0.481 e. The Bertz CT molecular complexity index is 379. The van der Waals surface area contributed by atoms with Crippen molar-refractivity contribution in [3.8, 4) is 5.88 Å². The van der Waals surface area contributed by atoms with Gasteiger partial charge in [0, 0.05) is 44.0 Å². The van der Waals surface area contributed by atoms with Gasteiger partial charge in [0.15, 0.2) is 0 Å². The van der Waals surface area contributed by atoms with E-state index in [1.54, 1.807) is 7.11 Å². The maximum Gasteiger partial charge on any atom is 0.213 e. The van der Waals surface area contributed by atoms with Gasteiger partial charge >= 0.3 is 0 Å². The summed E-state index contributed by atoms with van der Waals surface area (Å²) in [5.74, 6) is 0.692. The first kappa shape index (κ1) is 12.3. The molecule has 4 heteroatoms. The normalized spacial score (nSPS) is 20.2. The Labute approximate surface area is 103 Å². The van der Waals surface area contributed by atoms with Crippen LogP contribution in [0, 0.1) is 0 Å². The van der Waals surface area contributed by atoms with E-state index in [9.17, 15) is 0 Å². The number of nitrogens with one attached hydrogen (secondary N) is 1. The number of nitrogens with zero attached hydrogens (tertiary/aromatic N) is 2. The lowest BCUT2D eigenvalue weighted by molar-refractivity contribution is 0.148.